The maximum absolute atomic E-state index is 11.7. The molecule has 0 aromatic heterocycles. The standard InChI is InChI=1S/C29H36ClNO3/c1-28(2)13-12-26(21-4-8-24(30)9-5-21)23(18-28)19-29(20-32)14-16-31(17-15-29)25-10-6-22(7-11-25)27(33)34-3/h4-11,32H,12-20H2,1-3H3. The van der Waals surface area contributed by atoms with Crippen molar-refractivity contribution in [2.45, 2.75) is 52.4 Å². The maximum Gasteiger partial charge on any atom is 0.337 e. The second kappa shape index (κ2) is 10.1. The van der Waals surface area contributed by atoms with Crippen LogP contribution in [0.15, 0.2) is 54.1 Å². The number of ether oxygens (including phenoxy) is 1. The number of anilines is 1. The quantitative estimate of drug-likeness (QED) is 0.463. The third-order valence-corrected chi connectivity index (χ3v) is 8.02. The predicted molar refractivity (Wildman–Crippen MR) is 139 cm³/mol. The number of carbonyl (C=O) groups excluding carboxylic acids is 1. The summed E-state index contributed by atoms with van der Waals surface area (Å²) in [6, 6.07) is 15.9. The molecule has 1 heterocycles. The van der Waals surface area contributed by atoms with Gasteiger partial charge in [-0.05, 0) is 91.5 Å². The van der Waals surface area contributed by atoms with Crippen LogP contribution in [0, 0.1) is 10.8 Å². The molecule has 0 radical (unpaired) electrons. The molecule has 34 heavy (non-hydrogen) atoms. The molecule has 2 aromatic rings. The first-order chi connectivity index (χ1) is 16.2. The van der Waals surface area contributed by atoms with Crippen LogP contribution in [0.1, 0.15) is 68.3 Å². The Morgan fingerprint density at radius 2 is 1.68 bits per heavy atom. The normalized spacial score (nSPS) is 19.7. The van der Waals surface area contributed by atoms with Gasteiger partial charge in [-0.3, -0.25) is 0 Å². The number of allylic oxidation sites excluding steroid dienone is 2. The zero-order valence-corrected chi connectivity index (χ0v) is 21.3. The van der Waals surface area contributed by atoms with Crippen LogP contribution in [0.2, 0.25) is 5.02 Å². The van der Waals surface area contributed by atoms with Crippen LogP contribution >= 0.6 is 11.6 Å². The fraction of sp³-hybridized carbons (Fsp3) is 0.483. The SMILES string of the molecule is COC(=O)c1ccc(N2CCC(CO)(CC3=C(c4ccc(Cl)cc4)CCC(C)(C)C3)CC2)cc1. The van der Waals surface area contributed by atoms with E-state index in [9.17, 15) is 9.90 Å². The van der Waals surface area contributed by atoms with Gasteiger partial charge in [-0.15, -0.1) is 0 Å². The number of aliphatic hydroxyl groups is 1. The Morgan fingerprint density at radius 1 is 1.03 bits per heavy atom. The Morgan fingerprint density at radius 3 is 2.26 bits per heavy atom. The highest BCUT2D eigenvalue weighted by molar-refractivity contribution is 6.30. The Kier molecular flexibility index (Phi) is 7.39. The largest absolute Gasteiger partial charge is 0.465 e. The second-order valence-electron chi connectivity index (χ2n) is 10.8. The fourth-order valence-electron chi connectivity index (χ4n) is 5.59. The van der Waals surface area contributed by atoms with Crippen LogP contribution in [-0.2, 0) is 4.74 Å². The molecule has 1 N–H and O–H groups in total. The molecule has 4 nitrogen and oxygen atoms in total. The lowest BCUT2D eigenvalue weighted by molar-refractivity contribution is 0.0600. The van der Waals surface area contributed by atoms with Crippen molar-refractivity contribution >= 4 is 28.8 Å². The first-order valence-electron chi connectivity index (χ1n) is 12.3. The monoisotopic (exact) mass is 481 g/mol. The highest BCUT2D eigenvalue weighted by atomic mass is 35.5. The molecule has 0 unspecified atom stereocenters. The van der Waals surface area contributed by atoms with Gasteiger partial charge in [-0.25, -0.2) is 4.79 Å². The Labute approximate surface area is 208 Å². The van der Waals surface area contributed by atoms with E-state index in [1.165, 1.54) is 30.2 Å². The molecule has 2 aliphatic rings. The summed E-state index contributed by atoms with van der Waals surface area (Å²) in [5, 5.41) is 11.3. The molecular formula is C29H36ClNO3. The van der Waals surface area contributed by atoms with Gasteiger partial charge in [0.05, 0.1) is 12.7 Å². The molecule has 1 fully saturated rings. The number of benzene rings is 2. The molecule has 0 atom stereocenters. The van der Waals surface area contributed by atoms with E-state index >= 15 is 0 Å². The molecule has 4 rings (SSSR count). The number of hydrogen-bond donors (Lipinski definition) is 1. The van der Waals surface area contributed by atoms with Gasteiger partial charge in [0.2, 0.25) is 0 Å². The van der Waals surface area contributed by atoms with E-state index in [1.54, 1.807) is 0 Å². The molecular weight excluding hydrogens is 446 g/mol. The van der Waals surface area contributed by atoms with Crippen molar-refractivity contribution in [3.8, 4) is 0 Å². The van der Waals surface area contributed by atoms with Crippen LogP contribution in [0.3, 0.4) is 0 Å². The minimum Gasteiger partial charge on any atom is -0.465 e. The first kappa shape index (κ1) is 24.8. The summed E-state index contributed by atoms with van der Waals surface area (Å²) < 4.78 is 4.81. The van der Waals surface area contributed by atoms with Gasteiger partial charge in [-0.1, -0.05) is 43.2 Å². The lowest BCUT2D eigenvalue weighted by Crippen LogP contribution is -2.42. The number of methoxy groups -OCH3 is 1. The van der Waals surface area contributed by atoms with Crippen LogP contribution < -0.4 is 4.90 Å². The molecule has 182 valence electrons. The Bertz CT molecular complexity index is 1030. The van der Waals surface area contributed by atoms with Crippen molar-refractivity contribution in [1.82, 2.24) is 0 Å². The number of esters is 1. The minimum absolute atomic E-state index is 0.0944. The lowest BCUT2D eigenvalue weighted by Gasteiger charge is -2.44. The Hall–Kier alpha value is -2.30. The summed E-state index contributed by atoms with van der Waals surface area (Å²) in [7, 11) is 1.40. The molecule has 0 spiro atoms. The summed E-state index contributed by atoms with van der Waals surface area (Å²) in [5.41, 5.74) is 6.08. The van der Waals surface area contributed by atoms with Gasteiger partial charge in [0.25, 0.3) is 0 Å². The molecule has 5 heteroatoms. The highest BCUT2D eigenvalue weighted by Gasteiger charge is 2.38. The van der Waals surface area contributed by atoms with Gasteiger partial charge in [0.1, 0.15) is 0 Å². The van der Waals surface area contributed by atoms with E-state index in [0.717, 1.165) is 55.9 Å². The summed E-state index contributed by atoms with van der Waals surface area (Å²) in [6.45, 7) is 6.71. The van der Waals surface area contributed by atoms with Crippen molar-refractivity contribution in [2.75, 3.05) is 31.7 Å². The lowest BCUT2D eigenvalue weighted by atomic mass is 9.66. The number of nitrogens with zero attached hydrogens (tertiary/aromatic N) is 1. The summed E-state index contributed by atoms with van der Waals surface area (Å²) in [4.78, 5) is 14.1. The smallest absolute Gasteiger partial charge is 0.337 e. The van der Waals surface area contributed by atoms with E-state index in [1.807, 2.05) is 36.4 Å². The molecule has 0 bridgehead atoms. The van der Waals surface area contributed by atoms with Crippen molar-refractivity contribution < 1.29 is 14.6 Å². The molecule has 0 amide bonds. The van der Waals surface area contributed by atoms with E-state index in [-0.39, 0.29) is 23.4 Å². The topological polar surface area (TPSA) is 49.8 Å². The first-order valence-corrected chi connectivity index (χ1v) is 12.6. The number of aliphatic hydroxyl groups excluding tert-OH is 1. The zero-order valence-electron chi connectivity index (χ0n) is 20.6. The van der Waals surface area contributed by atoms with Gasteiger partial charge >= 0.3 is 5.97 Å². The minimum atomic E-state index is -0.315. The van der Waals surface area contributed by atoms with E-state index in [0.29, 0.717) is 5.56 Å². The summed E-state index contributed by atoms with van der Waals surface area (Å²) >= 11 is 6.15. The van der Waals surface area contributed by atoms with Crippen LogP contribution in [0.5, 0.6) is 0 Å². The number of halogens is 1. The van der Waals surface area contributed by atoms with E-state index in [4.69, 9.17) is 16.3 Å². The number of carbonyl (C=O) groups is 1. The van der Waals surface area contributed by atoms with E-state index in [2.05, 4.69) is 30.9 Å². The fourth-order valence-corrected chi connectivity index (χ4v) is 5.72. The highest BCUT2D eigenvalue weighted by Crippen LogP contribution is 2.48. The number of piperidine rings is 1. The molecule has 1 saturated heterocycles. The maximum atomic E-state index is 11.7. The number of rotatable bonds is 6. The average molecular weight is 482 g/mol. The second-order valence-corrected chi connectivity index (χ2v) is 11.2. The van der Waals surface area contributed by atoms with Crippen molar-refractivity contribution in [2.24, 2.45) is 10.8 Å². The van der Waals surface area contributed by atoms with Crippen molar-refractivity contribution in [3.05, 3.63) is 70.3 Å². The molecule has 0 saturated carbocycles. The predicted octanol–water partition coefficient (Wildman–Crippen LogP) is 6.76. The van der Waals surface area contributed by atoms with Crippen LogP contribution in [0.4, 0.5) is 5.69 Å². The third-order valence-electron chi connectivity index (χ3n) is 7.76. The summed E-state index contributed by atoms with van der Waals surface area (Å²) in [6.07, 6.45) is 6.16. The third kappa shape index (κ3) is 5.50. The van der Waals surface area contributed by atoms with Crippen LogP contribution in [0.25, 0.3) is 5.57 Å². The van der Waals surface area contributed by atoms with Gasteiger partial charge in [0, 0.05) is 35.8 Å². The van der Waals surface area contributed by atoms with Crippen LogP contribution in [-0.4, -0.2) is 37.9 Å². The van der Waals surface area contributed by atoms with Gasteiger partial charge in [-0.2, -0.15) is 0 Å². The van der Waals surface area contributed by atoms with E-state index < -0.39 is 0 Å². The van der Waals surface area contributed by atoms with Crippen molar-refractivity contribution in [1.29, 1.82) is 0 Å². The molecule has 2 aromatic carbocycles. The summed E-state index contributed by atoms with van der Waals surface area (Å²) in [5.74, 6) is -0.315. The number of hydrogen-bond acceptors (Lipinski definition) is 4. The zero-order chi connectivity index (χ0) is 24.3. The average Bonchev–Trinajstić information content (AvgIpc) is 2.84. The molecule has 1 aliphatic heterocycles. The van der Waals surface area contributed by atoms with Gasteiger partial charge in [0.15, 0.2) is 0 Å². The Balaban J connectivity index is 1.52. The van der Waals surface area contributed by atoms with Crippen molar-refractivity contribution in [3.63, 3.8) is 0 Å². The van der Waals surface area contributed by atoms with Gasteiger partial charge < -0.3 is 14.7 Å². The molecule has 1 aliphatic carbocycles.